The van der Waals surface area contributed by atoms with Gasteiger partial charge in [0.15, 0.2) is 0 Å². The van der Waals surface area contributed by atoms with Crippen molar-refractivity contribution in [3.8, 4) is 11.4 Å². The average Bonchev–Trinajstić information content (AvgIpc) is 3.19. The van der Waals surface area contributed by atoms with Gasteiger partial charge in [-0.2, -0.15) is 0 Å². The Morgan fingerprint density at radius 2 is 1.61 bits per heavy atom. The summed E-state index contributed by atoms with van der Waals surface area (Å²) in [6, 6.07) is 11.3. The molecule has 6 nitrogen and oxygen atoms in total. The van der Waals surface area contributed by atoms with Gasteiger partial charge in [-0.1, -0.05) is 84.4 Å². The second-order valence-corrected chi connectivity index (χ2v) is 10.0. The highest BCUT2D eigenvalue weighted by Crippen LogP contribution is 2.37. The quantitative estimate of drug-likeness (QED) is 0.329. The Labute approximate surface area is 196 Å². The molecule has 1 aromatic heterocycles. The van der Waals surface area contributed by atoms with Crippen LogP contribution in [-0.2, 0) is 16.6 Å². The van der Waals surface area contributed by atoms with Gasteiger partial charge in [-0.25, -0.2) is 0 Å². The van der Waals surface area contributed by atoms with Crippen molar-refractivity contribution in [1.29, 1.82) is 0 Å². The first-order chi connectivity index (χ1) is 15.7. The molecule has 3 aromatic rings. The normalized spacial score (nSPS) is 12.8. The van der Waals surface area contributed by atoms with Crippen molar-refractivity contribution in [1.82, 2.24) is 15.0 Å². The average molecular weight is 452 g/mol. The molecule has 0 saturated carbocycles. The zero-order chi connectivity index (χ0) is 24.0. The van der Waals surface area contributed by atoms with E-state index in [0.29, 0.717) is 18.5 Å². The second kappa shape index (κ2) is 10.8. The topological polar surface area (TPSA) is 88.2 Å². The fraction of sp³-hybridized carbons (Fsp3) is 0.519. The van der Waals surface area contributed by atoms with E-state index in [2.05, 4.69) is 17.1 Å². The van der Waals surface area contributed by atoms with Gasteiger partial charge in [0, 0.05) is 5.56 Å². The molecule has 0 radical (unpaired) electrons. The van der Waals surface area contributed by atoms with Gasteiger partial charge in [-0.15, -0.1) is 15.0 Å². The Hall–Kier alpha value is -2.89. The Morgan fingerprint density at radius 1 is 1.00 bits per heavy atom. The van der Waals surface area contributed by atoms with Crippen molar-refractivity contribution in [2.24, 2.45) is 5.92 Å². The molecule has 0 fully saturated rings. The molecule has 2 aromatic carbocycles. The van der Waals surface area contributed by atoms with Crippen molar-refractivity contribution in [3.05, 3.63) is 47.5 Å². The molecule has 6 heteroatoms. The molecule has 0 saturated heterocycles. The third-order valence-corrected chi connectivity index (χ3v) is 6.20. The number of unbranched alkanes of at least 4 members (excludes halogenated alkanes) is 5. The number of carboxylic acids is 1. The van der Waals surface area contributed by atoms with Crippen LogP contribution in [0.5, 0.6) is 5.75 Å². The van der Waals surface area contributed by atoms with E-state index in [1.807, 2.05) is 57.2 Å². The highest BCUT2D eigenvalue weighted by molar-refractivity contribution is 5.74. The van der Waals surface area contributed by atoms with E-state index in [4.69, 9.17) is 0 Å². The molecule has 0 spiro atoms. The molecular formula is C27H37N3O3. The van der Waals surface area contributed by atoms with Crippen LogP contribution >= 0.6 is 0 Å². The third-order valence-electron chi connectivity index (χ3n) is 6.20. The minimum absolute atomic E-state index is 0.134. The molecule has 178 valence electrons. The number of aliphatic carboxylic acids is 1. The van der Waals surface area contributed by atoms with Gasteiger partial charge in [0.05, 0.1) is 5.92 Å². The first kappa shape index (κ1) is 24.7. The highest BCUT2D eigenvalue weighted by atomic mass is 16.4. The minimum atomic E-state index is -0.765. The second-order valence-electron chi connectivity index (χ2n) is 10.0. The molecule has 0 amide bonds. The predicted octanol–water partition coefficient (Wildman–Crippen LogP) is 6.42. The SMILES string of the molecule is CCCCCCCCC(Cc1cc(-n2nc3ccccc3n2)c(O)c(C(C)(C)C)c1)C(=O)O. The number of phenols is 1. The highest BCUT2D eigenvalue weighted by Gasteiger charge is 2.25. The van der Waals surface area contributed by atoms with E-state index in [0.717, 1.165) is 41.4 Å². The maximum Gasteiger partial charge on any atom is 0.306 e. The lowest BCUT2D eigenvalue weighted by atomic mass is 9.83. The zero-order valence-corrected chi connectivity index (χ0v) is 20.3. The van der Waals surface area contributed by atoms with Crippen molar-refractivity contribution in [3.63, 3.8) is 0 Å². The summed E-state index contributed by atoms with van der Waals surface area (Å²) < 4.78 is 0. The summed E-state index contributed by atoms with van der Waals surface area (Å²) in [5.41, 5.74) is 3.29. The molecule has 33 heavy (non-hydrogen) atoms. The molecule has 1 heterocycles. The smallest absolute Gasteiger partial charge is 0.306 e. The maximum atomic E-state index is 12.0. The van der Waals surface area contributed by atoms with E-state index in [9.17, 15) is 15.0 Å². The molecule has 0 aliphatic carbocycles. The lowest BCUT2D eigenvalue weighted by Gasteiger charge is -2.24. The van der Waals surface area contributed by atoms with Gasteiger partial charge in [0.25, 0.3) is 0 Å². The van der Waals surface area contributed by atoms with E-state index >= 15 is 0 Å². The predicted molar refractivity (Wildman–Crippen MR) is 132 cm³/mol. The number of hydrogen-bond donors (Lipinski definition) is 2. The summed E-state index contributed by atoms with van der Waals surface area (Å²) in [4.78, 5) is 13.5. The van der Waals surface area contributed by atoms with Crippen molar-refractivity contribution in [2.75, 3.05) is 0 Å². The molecular weight excluding hydrogens is 414 g/mol. The van der Waals surface area contributed by atoms with Crippen LogP contribution in [0.4, 0.5) is 0 Å². The monoisotopic (exact) mass is 451 g/mol. The third kappa shape index (κ3) is 6.34. The number of phenolic OH excluding ortho intramolecular Hbond substituents is 1. The van der Waals surface area contributed by atoms with Crippen LogP contribution in [0, 0.1) is 5.92 Å². The van der Waals surface area contributed by atoms with Crippen LogP contribution in [0.3, 0.4) is 0 Å². The fourth-order valence-corrected chi connectivity index (χ4v) is 4.26. The maximum absolute atomic E-state index is 12.0. The van der Waals surface area contributed by atoms with Gasteiger partial charge in [0.1, 0.15) is 22.5 Å². The van der Waals surface area contributed by atoms with Crippen LogP contribution in [-0.4, -0.2) is 31.2 Å². The first-order valence-corrected chi connectivity index (χ1v) is 12.1. The summed E-state index contributed by atoms with van der Waals surface area (Å²) in [5.74, 6) is -1.08. The number of aromatic nitrogens is 3. The Morgan fingerprint density at radius 3 is 2.18 bits per heavy atom. The summed E-state index contributed by atoms with van der Waals surface area (Å²) in [6.45, 7) is 8.30. The Kier molecular flexibility index (Phi) is 8.11. The van der Waals surface area contributed by atoms with E-state index in [1.54, 1.807) is 0 Å². The summed E-state index contributed by atoms with van der Waals surface area (Å²) in [7, 11) is 0. The standard InChI is InChI=1S/C27H37N3O3/c1-5-6-7-8-9-10-13-20(26(32)33)16-19-17-21(27(2,3)4)25(31)24(18-19)30-28-22-14-11-12-15-23(22)29-30/h11-12,14-15,17-18,20,31H,5-10,13,16H2,1-4H3,(H,32,33). The first-order valence-electron chi connectivity index (χ1n) is 12.1. The summed E-state index contributed by atoms with van der Waals surface area (Å²) >= 11 is 0. The molecule has 1 atom stereocenters. The number of aromatic hydroxyl groups is 1. The Balaban J connectivity index is 1.89. The largest absolute Gasteiger partial charge is 0.505 e. The van der Waals surface area contributed by atoms with E-state index in [1.165, 1.54) is 24.1 Å². The van der Waals surface area contributed by atoms with Crippen molar-refractivity contribution < 1.29 is 15.0 Å². The Bertz CT molecular complexity index is 1050. The molecule has 0 aliphatic heterocycles. The van der Waals surface area contributed by atoms with Crippen molar-refractivity contribution >= 4 is 17.0 Å². The summed E-state index contributed by atoms with van der Waals surface area (Å²) in [6.07, 6.45) is 7.90. The number of carboxylic acid groups (broad SMARTS) is 1. The molecule has 3 rings (SSSR count). The van der Waals surface area contributed by atoms with E-state index in [-0.39, 0.29) is 11.2 Å². The lowest BCUT2D eigenvalue weighted by molar-refractivity contribution is -0.142. The molecule has 1 unspecified atom stereocenters. The number of benzene rings is 2. The van der Waals surface area contributed by atoms with Gasteiger partial charge >= 0.3 is 5.97 Å². The van der Waals surface area contributed by atoms with Gasteiger partial charge in [0.2, 0.25) is 0 Å². The van der Waals surface area contributed by atoms with Crippen LogP contribution in [0.2, 0.25) is 0 Å². The number of hydrogen-bond acceptors (Lipinski definition) is 4. The minimum Gasteiger partial charge on any atom is -0.505 e. The van der Waals surface area contributed by atoms with Crippen molar-refractivity contribution in [2.45, 2.75) is 84.5 Å². The molecule has 0 aliphatic rings. The summed E-state index contributed by atoms with van der Waals surface area (Å²) in [5, 5.41) is 30.0. The van der Waals surface area contributed by atoms with Gasteiger partial charge in [-0.3, -0.25) is 4.79 Å². The van der Waals surface area contributed by atoms with Crippen LogP contribution in [0.15, 0.2) is 36.4 Å². The van der Waals surface area contributed by atoms with Crippen LogP contribution in [0.25, 0.3) is 16.7 Å². The lowest BCUT2D eigenvalue weighted by Crippen LogP contribution is -2.18. The van der Waals surface area contributed by atoms with Crippen LogP contribution in [0.1, 0.15) is 83.8 Å². The van der Waals surface area contributed by atoms with E-state index < -0.39 is 11.9 Å². The van der Waals surface area contributed by atoms with Gasteiger partial charge < -0.3 is 10.2 Å². The molecule has 0 bridgehead atoms. The number of nitrogens with zero attached hydrogens (tertiary/aromatic N) is 3. The van der Waals surface area contributed by atoms with Gasteiger partial charge in [-0.05, 0) is 42.0 Å². The molecule has 2 N–H and O–H groups in total. The number of rotatable bonds is 11. The van der Waals surface area contributed by atoms with Crippen LogP contribution < -0.4 is 0 Å². The number of carbonyl (C=O) groups is 1. The number of fused-ring (bicyclic) bond motifs is 1. The fourth-order valence-electron chi connectivity index (χ4n) is 4.26. The zero-order valence-electron chi connectivity index (χ0n) is 20.3.